The van der Waals surface area contributed by atoms with Crippen LogP contribution in [0.1, 0.15) is 21.6 Å². The Labute approximate surface area is 111 Å². The van der Waals surface area contributed by atoms with Crippen LogP contribution in [0, 0.1) is 13.8 Å². The Balaban J connectivity index is 2.37. The summed E-state index contributed by atoms with van der Waals surface area (Å²) in [5, 5.41) is 1.02. The van der Waals surface area contributed by atoms with Crippen LogP contribution in [0.25, 0.3) is 10.9 Å². The second-order valence-electron chi connectivity index (χ2n) is 4.76. The third-order valence-corrected chi connectivity index (χ3v) is 3.29. The Morgan fingerprint density at radius 3 is 2.63 bits per heavy atom. The minimum absolute atomic E-state index is 0.0813. The summed E-state index contributed by atoms with van der Waals surface area (Å²) in [7, 11) is 1.56. The second-order valence-corrected chi connectivity index (χ2v) is 4.76. The molecule has 0 radical (unpaired) electrons. The van der Waals surface area contributed by atoms with Gasteiger partial charge in [0.1, 0.15) is 0 Å². The fourth-order valence-electron chi connectivity index (χ4n) is 2.12. The van der Waals surface area contributed by atoms with E-state index in [4.69, 9.17) is 5.73 Å². The van der Waals surface area contributed by atoms with Crippen molar-refractivity contribution in [1.29, 1.82) is 0 Å². The largest absolute Gasteiger partial charge is 0.368 e. The number of aromatic amines is 1. The lowest BCUT2D eigenvalue weighted by molar-refractivity contribution is -0.118. The number of nitrogens with zero attached hydrogens (tertiary/aromatic N) is 1. The topological polar surface area (TPSA) is 79.2 Å². The van der Waals surface area contributed by atoms with E-state index in [0.717, 1.165) is 22.2 Å². The van der Waals surface area contributed by atoms with Crippen LogP contribution in [0.4, 0.5) is 0 Å². The lowest BCUT2D eigenvalue weighted by Crippen LogP contribution is -2.35. The molecule has 0 saturated carbocycles. The van der Waals surface area contributed by atoms with E-state index in [1.807, 2.05) is 26.0 Å². The number of carbonyl (C=O) groups is 2. The number of aryl methyl sites for hydroxylation is 2. The molecule has 5 nitrogen and oxygen atoms in total. The fourth-order valence-corrected chi connectivity index (χ4v) is 2.12. The third kappa shape index (κ3) is 2.45. The molecule has 1 heterocycles. The summed E-state index contributed by atoms with van der Waals surface area (Å²) in [4.78, 5) is 27.6. The van der Waals surface area contributed by atoms with Crippen molar-refractivity contribution in [2.45, 2.75) is 13.8 Å². The number of amides is 2. The average molecular weight is 259 g/mol. The first-order valence-corrected chi connectivity index (χ1v) is 6.03. The minimum Gasteiger partial charge on any atom is -0.368 e. The number of benzene rings is 1. The molecule has 2 rings (SSSR count). The number of likely N-dealkylation sites (N-methyl/N-ethyl adjacent to an activating group) is 1. The molecule has 0 fully saturated rings. The van der Waals surface area contributed by atoms with Crippen LogP contribution in [0.2, 0.25) is 0 Å². The highest BCUT2D eigenvalue weighted by atomic mass is 16.2. The molecule has 100 valence electrons. The van der Waals surface area contributed by atoms with Gasteiger partial charge in [0.05, 0.1) is 6.54 Å². The molecule has 19 heavy (non-hydrogen) atoms. The van der Waals surface area contributed by atoms with Crippen LogP contribution in [0.5, 0.6) is 0 Å². The molecule has 0 aliphatic heterocycles. The van der Waals surface area contributed by atoms with Crippen LogP contribution < -0.4 is 5.73 Å². The van der Waals surface area contributed by atoms with Gasteiger partial charge < -0.3 is 15.6 Å². The molecule has 1 aromatic heterocycles. The molecule has 0 unspecified atom stereocenters. The zero-order valence-corrected chi connectivity index (χ0v) is 11.3. The van der Waals surface area contributed by atoms with E-state index in [9.17, 15) is 9.59 Å². The van der Waals surface area contributed by atoms with Gasteiger partial charge in [0.2, 0.25) is 5.91 Å². The Hall–Kier alpha value is -2.30. The molecule has 1 aromatic carbocycles. The molecule has 3 N–H and O–H groups in total. The van der Waals surface area contributed by atoms with E-state index in [-0.39, 0.29) is 12.5 Å². The summed E-state index contributed by atoms with van der Waals surface area (Å²) in [6, 6.07) is 5.46. The van der Waals surface area contributed by atoms with Gasteiger partial charge in [-0.2, -0.15) is 0 Å². The van der Waals surface area contributed by atoms with Crippen molar-refractivity contribution in [3.63, 3.8) is 0 Å². The number of carbonyl (C=O) groups excluding carboxylic acids is 2. The van der Waals surface area contributed by atoms with Crippen LogP contribution in [-0.4, -0.2) is 35.3 Å². The number of aromatic nitrogens is 1. The van der Waals surface area contributed by atoms with Crippen LogP contribution in [0.15, 0.2) is 18.2 Å². The molecular formula is C14H17N3O2. The zero-order valence-electron chi connectivity index (χ0n) is 11.3. The van der Waals surface area contributed by atoms with Gasteiger partial charge >= 0.3 is 0 Å². The summed E-state index contributed by atoms with van der Waals surface area (Å²) in [5.74, 6) is -0.732. The quantitative estimate of drug-likeness (QED) is 0.872. The molecule has 0 bridgehead atoms. The Kier molecular flexibility index (Phi) is 3.29. The highest BCUT2D eigenvalue weighted by molar-refractivity contribution is 6.00. The van der Waals surface area contributed by atoms with Crippen molar-refractivity contribution >= 4 is 22.7 Å². The number of rotatable bonds is 3. The Bertz CT molecular complexity index is 658. The van der Waals surface area contributed by atoms with Gasteiger partial charge in [-0.15, -0.1) is 0 Å². The van der Waals surface area contributed by atoms with Gasteiger partial charge in [-0.25, -0.2) is 0 Å². The van der Waals surface area contributed by atoms with Gasteiger partial charge in [0.15, 0.2) is 0 Å². The molecule has 2 aromatic rings. The summed E-state index contributed by atoms with van der Waals surface area (Å²) in [5.41, 5.74) is 8.86. The lowest BCUT2D eigenvalue weighted by Gasteiger charge is -2.15. The van der Waals surface area contributed by atoms with E-state index in [2.05, 4.69) is 4.98 Å². The smallest absolute Gasteiger partial charge is 0.254 e. The number of nitrogens with two attached hydrogens (primary N) is 1. The first kappa shape index (κ1) is 13.1. The number of H-pyrrole nitrogens is 1. The number of hydrogen-bond acceptors (Lipinski definition) is 2. The van der Waals surface area contributed by atoms with Crippen molar-refractivity contribution < 1.29 is 9.59 Å². The molecule has 0 saturated heterocycles. The molecule has 5 heteroatoms. The number of primary amides is 1. The molecule has 0 aliphatic carbocycles. The highest BCUT2D eigenvalue weighted by Gasteiger charge is 2.15. The molecule has 0 aliphatic rings. The first-order chi connectivity index (χ1) is 8.90. The molecule has 2 amide bonds. The number of nitrogens with one attached hydrogen (secondary N) is 1. The van der Waals surface area contributed by atoms with Gasteiger partial charge in [-0.1, -0.05) is 0 Å². The predicted molar refractivity (Wildman–Crippen MR) is 73.9 cm³/mol. The monoisotopic (exact) mass is 259 g/mol. The van der Waals surface area contributed by atoms with Gasteiger partial charge in [-0.3, -0.25) is 9.59 Å². The van der Waals surface area contributed by atoms with E-state index in [0.29, 0.717) is 5.56 Å². The van der Waals surface area contributed by atoms with Crippen molar-refractivity contribution in [2.75, 3.05) is 13.6 Å². The van der Waals surface area contributed by atoms with Gasteiger partial charge in [0, 0.05) is 29.2 Å². The van der Waals surface area contributed by atoms with Gasteiger partial charge in [-0.05, 0) is 37.6 Å². The average Bonchev–Trinajstić information content (AvgIpc) is 2.63. The maximum Gasteiger partial charge on any atom is 0.254 e. The standard InChI is InChI=1S/C14H17N3O2/c1-8-9(2)16-12-5-4-10(6-11(8)12)14(19)17(3)7-13(15)18/h4-6,16H,7H2,1-3H3,(H2,15,18). The predicted octanol–water partition coefficient (Wildman–Crippen LogP) is 1.34. The van der Waals surface area contributed by atoms with E-state index in [1.54, 1.807) is 13.1 Å². The molecular weight excluding hydrogens is 242 g/mol. The zero-order chi connectivity index (χ0) is 14.2. The van der Waals surface area contributed by atoms with Crippen molar-refractivity contribution in [2.24, 2.45) is 5.73 Å². The van der Waals surface area contributed by atoms with Gasteiger partial charge in [0.25, 0.3) is 5.91 Å². The third-order valence-electron chi connectivity index (χ3n) is 3.29. The lowest BCUT2D eigenvalue weighted by atomic mass is 10.1. The maximum absolute atomic E-state index is 12.1. The van der Waals surface area contributed by atoms with Crippen LogP contribution in [-0.2, 0) is 4.79 Å². The summed E-state index contributed by atoms with van der Waals surface area (Å²) in [6.45, 7) is 3.92. The van der Waals surface area contributed by atoms with Crippen molar-refractivity contribution in [1.82, 2.24) is 9.88 Å². The Morgan fingerprint density at radius 2 is 2.00 bits per heavy atom. The number of hydrogen-bond donors (Lipinski definition) is 2. The van der Waals surface area contributed by atoms with Crippen LogP contribution >= 0.6 is 0 Å². The van der Waals surface area contributed by atoms with Crippen LogP contribution in [0.3, 0.4) is 0 Å². The normalized spacial score (nSPS) is 10.7. The molecule has 0 atom stereocenters. The summed E-state index contributed by atoms with van der Waals surface area (Å²) in [6.07, 6.45) is 0. The molecule has 0 spiro atoms. The summed E-state index contributed by atoms with van der Waals surface area (Å²) >= 11 is 0. The SMILES string of the molecule is Cc1[nH]c2ccc(C(=O)N(C)CC(N)=O)cc2c1C. The van der Waals surface area contributed by atoms with E-state index in [1.165, 1.54) is 4.90 Å². The first-order valence-electron chi connectivity index (χ1n) is 6.03. The Morgan fingerprint density at radius 1 is 1.32 bits per heavy atom. The van der Waals surface area contributed by atoms with E-state index >= 15 is 0 Å². The van der Waals surface area contributed by atoms with E-state index < -0.39 is 5.91 Å². The maximum atomic E-state index is 12.1. The van der Waals surface area contributed by atoms with Crippen molar-refractivity contribution in [3.8, 4) is 0 Å². The minimum atomic E-state index is -0.523. The number of fused-ring (bicyclic) bond motifs is 1. The highest BCUT2D eigenvalue weighted by Crippen LogP contribution is 2.22. The van der Waals surface area contributed by atoms with Crippen molar-refractivity contribution in [3.05, 3.63) is 35.0 Å². The summed E-state index contributed by atoms with van der Waals surface area (Å²) < 4.78 is 0. The second kappa shape index (κ2) is 4.76. The fraction of sp³-hybridized carbons (Fsp3) is 0.286.